The van der Waals surface area contributed by atoms with Crippen LogP contribution >= 0.6 is 0 Å². The number of nitrogens with zero attached hydrogens (tertiary/aromatic N) is 4. The summed E-state index contributed by atoms with van der Waals surface area (Å²) in [6.07, 6.45) is 0.662. The number of hydrogen-bond acceptors (Lipinski definition) is 4. The zero-order valence-electron chi connectivity index (χ0n) is 21.1. The van der Waals surface area contributed by atoms with Crippen LogP contribution in [-0.2, 0) is 16.1 Å². The maximum Gasteiger partial charge on any atom is 0.334 e. The van der Waals surface area contributed by atoms with Gasteiger partial charge in [0, 0.05) is 20.1 Å². The number of rotatable bonds is 7. The SMILES string of the molecule is CCC[C@H]1C(=O)N(CC(C)c2ccccc2)C[C@H]2N1C(=O)CN(C)N2C(=O)NCc1ccc(F)cc1. The Morgan fingerprint density at radius 1 is 1.11 bits per heavy atom. The standard InChI is InChI=1S/C27H34FN5O3/c1-4-8-23-26(35)31(16-19(2)21-9-6-5-7-10-21)17-24-32(23)25(34)18-30(3)33(24)27(36)29-15-20-11-13-22(28)14-12-20/h5-7,9-14,19,23-24H,4,8,15-18H2,1-3H3,(H,29,36)/t19?,23-,24-/m0/s1. The lowest BCUT2D eigenvalue weighted by atomic mass is 9.97. The van der Waals surface area contributed by atoms with E-state index < -0.39 is 12.2 Å². The van der Waals surface area contributed by atoms with Crippen LogP contribution in [0.1, 0.15) is 43.7 Å². The monoisotopic (exact) mass is 495 g/mol. The highest BCUT2D eigenvalue weighted by atomic mass is 19.1. The molecule has 0 aliphatic carbocycles. The predicted octanol–water partition coefficient (Wildman–Crippen LogP) is 3.17. The lowest BCUT2D eigenvalue weighted by molar-refractivity contribution is -0.187. The molecule has 1 N–H and O–H groups in total. The number of carbonyl (C=O) groups excluding carboxylic acids is 3. The van der Waals surface area contributed by atoms with Crippen molar-refractivity contribution < 1.29 is 18.8 Å². The van der Waals surface area contributed by atoms with Crippen molar-refractivity contribution in [2.75, 3.05) is 26.7 Å². The second kappa shape index (κ2) is 11.1. The number of hydrazine groups is 1. The van der Waals surface area contributed by atoms with Gasteiger partial charge >= 0.3 is 6.03 Å². The first kappa shape index (κ1) is 25.6. The van der Waals surface area contributed by atoms with E-state index in [1.54, 1.807) is 39.0 Å². The molecule has 0 radical (unpaired) electrons. The molecule has 0 aromatic heterocycles. The molecule has 2 aliphatic heterocycles. The number of fused-ring (bicyclic) bond motifs is 1. The van der Waals surface area contributed by atoms with E-state index in [9.17, 15) is 18.8 Å². The summed E-state index contributed by atoms with van der Waals surface area (Å²) in [5.41, 5.74) is 1.89. The molecule has 1 unspecified atom stereocenters. The van der Waals surface area contributed by atoms with Gasteiger partial charge in [-0.15, -0.1) is 0 Å². The van der Waals surface area contributed by atoms with Gasteiger partial charge in [-0.3, -0.25) is 9.59 Å². The summed E-state index contributed by atoms with van der Waals surface area (Å²) in [6.45, 7) is 5.02. The van der Waals surface area contributed by atoms with Gasteiger partial charge in [0.05, 0.1) is 13.1 Å². The summed E-state index contributed by atoms with van der Waals surface area (Å²) in [5, 5.41) is 6.04. The van der Waals surface area contributed by atoms with E-state index in [0.29, 0.717) is 13.0 Å². The van der Waals surface area contributed by atoms with E-state index in [-0.39, 0.29) is 49.2 Å². The van der Waals surface area contributed by atoms with Crippen LogP contribution in [0.15, 0.2) is 54.6 Å². The minimum Gasteiger partial charge on any atom is -0.336 e. The molecule has 2 aromatic rings. The number of benzene rings is 2. The lowest BCUT2D eigenvalue weighted by Crippen LogP contribution is -2.76. The Balaban J connectivity index is 1.56. The normalized spacial score (nSPS) is 21.4. The number of likely N-dealkylation sites (N-methyl/N-ethyl adjacent to an activating group) is 1. The van der Waals surface area contributed by atoms with Crippen molar-refractivity contribution in [1.29, 1.82) is 0 Å². The summed E-state index contributed by atoms with van der Waals surface area (Å²) in [6, 6.07) is 15.0. The molecular formula is C27H34FN5O3. The highest BCUT2D eigenvalue weighted by molar-refractivity contribution is 5.91. The van der Waals surface area contributed by atoms with E-state index in [1.807, 2.05) is 37.3 Å². The van der Waals surface area contributed by atoms with E-state index in [2.05, 4.69) is 12.2 Å². The Morgan fingerprint density at radius 3 is 2.47 bits per heavy atom. The molecule has 9 heteroatoms. The van der Waals surface area contributed by atoms with Gasteiger partial charge in [0.1, 0.15) is 18.0 Å². The molecule has 4 amide bonds. The van der Waals surface area contributed by atoms with E-state index >= 15 is 0 Å². The van der Waals surface area contributed by atoms with Crippen molar-refractivity contribution in [3.63, 3.8) is 0 Å². The maximum atomic E-state index is 13.5. The Bertz CT molecular complexity index is 1080. The van der Waals surface area contributed by atoms with Gasteiger partial charge in [-0.05, 0) is 35.6 Å². The maximum absolute atomic E-state index is 13.5. The van der Waals surface area contributed by atoms with Crippen LogP contribution in [0.4, 0.5) is 9.18 Å². The molecule has 8 nitrogen and oxygen atoms in total. The van der Waals surface area contributed by atoms with Gasteiger partial charge in [0.15, 0.2) is 0 Å². The van der Waals surface area contributed by atoms with Gasteiger partial charge in [0.25, 0.3) is 0 Å². The topological polar surface area (TPSA) is 76.2 Å². The van der Waals surface area contributed by atoms with E-state index in [4.69, 9.17) is 0 Å². The van der Waals surface area contributed by atoms with Gasteiger partial charge in [-0.2, -0.15) is 0 Å². The van der Waals surface area contributed by atoms with Crippen molar-refractivity contribution in [3.8, 4) is 0 Å². The number of piperazine rings is 1. The Morgan fingerprint density at radius 2 is 1.81 bits per heavy atom. The number of halogens is 1. The number of urea groups is 1. The molecule has 0 spiro atoms. The third-order valence-electron chi connectivity index (χ3n) is 6.93. The molecule has 2 fully saturated rings. The number of hydrogen-bond donors (Lipinski definition) is 1. The third kappa shape index (κ3) is 5.36. The van der Waals surface area contributed by atoms with Crippen LogP contribution in [0.3, 0.4) is 0 Å². The number of amides is 4. The van der Waals surface area contributed by atoms with Crippen molar-refractivity contribution in [2.24, 2.45) is 0 Å². The molecule has 2 aromatic carbocycles. The summed E-state index contributed by atoms with van der Waals surface area (Å²) in [5.74, 6) is -0.469. The second-order valence-electron chi connectivity index (χ2n) is 9.59. The summed E-state index contributed by atoms with van der Waals surface area (Å²) in [4.78, 5) is 43.4. The summed E-state index contributed by atoms with van der Waals surface area (Å²) >= 11 is 0. The fraction of sp³-hybridized carbons (Fsp3) is 0.444. The van der Waals surface area contributed by atoms with Crippen LogP contribution in [0.25, 0.3) is 0 Å². The van der Waals surface area contributed by atoms with Gasteiger partial charge in [0.2, 0.25) is 11.8 Å². The van der Waals surface area contributed by atoms with E-state index in [0.717, 1.165) is 17.5 Å². The summed E-state index contributed by atoms with van der Waals surface area (Å²) in [7, 11) is 1.70. The quantitative estimate of drug-likeness (QED) is 0.640. The molecule has 4 rings (SSSR count). The molecule has 0 saturated carbocycles. The van der Waals surface area contributed by atoms with Gasteiger partial charge in [-0.1, -0.05) is 62.7 Å². The van der Waals surface area contributed by atoms with Crippen molar-refractivity contribution >= 4 is 17.8 Å². The molecule has 3 atom stereocenters. The summed E-state index contributed by atoms with van der Waals surface area (Å²) < 4.78 is 13.2. The predicted molar refractivity (Wildman–Crippen MR) is 134 cm³/mol. The Kier molecular flexibility index (Phi) is 7.88. The first-order chi connectivity index (χ1) is 17.3. The zero-order valence-corrected chi connectivity index (χ0v) is 21.1. The lowest BCUT2D eigenvalue weighted by Gasteiger charge is -2.54. The average Bonchev–Trinajstić information content (AvgIpc) is 2.86. The van der Waals surface area contributed by atoms with Gasteiger partial charge < -0.3 is 15.1 Å². The first-order valence-corrected chi connectivity index (χ1v) is 12.5. The molecule has 0 bridgehead atoms. The fourth-order valence-corrected chi connectivity index (χ4v) is 5.10. The molecule has 2 saturated heterocycles. The minimum atomic E-state index is -0.610. The third-order valence-corrected chi connectivity index (χ3v) is 6.93. The molecule has 192 valence electrons. The van der Waals surface area contributed by atoms with Crippen molar-refractivity contribution in [3.05, 3.63) is 71.5 Å². The first-order valence-electron chi connectivity index (χ1n) is 12.5. The smallest absolute Gasteiger partial charge is 0.334 e. The van der Waals surface area contributed by atoms with Crippen molar-refractivity contribution in [2.45, 2.75) is 51.4 Å². The molecule has 2 aliphatic rings. The highest BCUT2D eigenvalue weighted by Gasteiger charge is 2.50. The van der Waals surface area contributed by atoms with Crippen LogP contribution in [0.2, 0.25) is 0 Å². The van der Waals surface area contributed by atoms with Crippen LogP contribution in [0, 0.1) is 5.82 Å². The zero-order chi connectivity index (χ0) is 25.8. The molecular weight excluding hydrogens is 461 g/mol. The molecule has 2 heterocycles. The van der Waals surface area contributed by atoms with E-state index in [1.165, 1.54) is 12.1 Å². The second-order valence-corrected chi connectivity index (χ2v) is 9.59. The number of carbonyl (C=O) groups is 3. The van der Waals surface area contributed by atoms with Gasteiger partial charge in [-0.25, -0.2) is 19.2 Å². The average molecular weight is 496 g/mol. The number of nitrogens with one attached hydrogen (secondary N) is 1. The van der Waals surface area contributed by atoms with Crippen LogP contribution in [0.5, 0.6) is 0 Å². The Hall–Kier alpha value is -3.46. The minimum absolute atomic E-state index is 0.00831. The van der Waals surface area contributed by atoms with Crippen molar-refractivity contribution in [1.82, 2.24) is 25.1 Å². The largest absolute Gasteiger partial charge is 0.336 e. The highest BCUT2D eigenvalue weighted by Crippen LogP contribution is 2.29. The Labute approximate surface area is 211 Å². The van der Waals surface area contributed by atoms with Crippen LogP contribution in [-0.4, -0.2) is 76.6 Å². The fourth-order valence-electron chi connectivity index (χ4n) is 5.10. The molecule has 36 heavy (non-hydrogen) atoms. The van der Waals surface area contributed by atoms with Crippen LogP contribution < -0.4 is 5.32 Å².